The van der Waals surface area contributed by atoms with E-state index in [-0.39, 0.29) is 24.4 Å². The molecule has 0 aliphatic carbocycles. The fraction of sp³-hybridized carbons (Fsp3) is 0.333. The zero-order valence-electron chi connectivity index (χ0n) is 11.3. The fourth-order valence-electron chi connectivity index (χ4n) is 1.76. The van der Waals surface area contributed by atoms with E-state index < -0.39 is 15.8 Å². The van der Waals surface area contributed by atoms with E-state index in [4.69, 9.17) is 10.3 Å². The summed E-state index contributed by atoms with van der Waals surface area (Å²) < 4.78 is 44.8. The first-order valence-electron chi connectivity index (χ1n) is 6.20. The SMILES string of the molecule is Cc1noc(CCNS(=O)(=O)c2cc(F)ccc2CN)n1. The van der Waals surface area contributed by atoms with Crippen LogP contribution in [0.25, 0.3) is 0 Å². The van der Waals surface area contributed by atoms with E-state index in [1.165, 1.54) is 12.1 Å². The van der Waals surface area contributed by atoms with Gasteiger partial charge in [0.15, 0.2) is 5.82 Å². The van der Waals surface area contributed by atoms with Gasteiger partial charge in [0.2, 0.25) is 15.9 Å². The number of aromatic nitrogens is 2. The zero-order chi connectivity index (χ0) is 15.5. The van der Waals surface area contributed by atoms with Gasteiger partial charge in [-0.1, -0.05) is 11.2 Å². The molecule has 0 aliphatic rings. The van der Waals surface area contributed by atoms with E-state index in [9.17, 15) is 12.8 Å². The minimum Gasteiger partial charge on any atom is -0.339 e. The van der Waals surface area contributed by atoms with Gasteiger partial charge in [0.05, 0.1) is 4.90 Å². The molecule has 1 heterocycles. The van der Waals surface area contributed by atoms with Crippen LogP contribution in [0.4, 0.5) is 4.39 Å². The van der Waals surface area contributed by atoms with E-state index in [0.29, 0.717) is 17.3 Å². The Labute approximate surface area is 121 Å². The molecule has 0 spiro atoms. The molecule has 0 radical (unpaired) electrons. The first kappa shape index (κ1) is 15.5. The lowest BCUT2D eigenvalue weighted by atomic mass is 10.2. The van der Waals surface area contributed by atoms with Crippen LogP contribution in [-0.2, 0) is 23.0 Å². The summed E-state index contributed by atoms with van der Waals surface area (Å²) in [6.07, 6.45) is 0.243. The molecule has 114 valence electrons. The minimum absolute atomic E-state index is 0.000618. The van der Waals surface area contributed by atoms with Crippen molar-refractivity contribution in [1.29, 1.82) is 0 Å². The van der Waals surface area contributed by atoms with Crippen molar-refractivity contribution < 1.29 is 17.3 Å². The third kappa shape index (κ3) is 3.84. The quantitative estimate of drug-likeness (QED) is 0.803. The average molecular weight is 314 g/mol. The van der Waals surface area contributed by atoms with Gasteiger partial charge in [-0.2, -0.15) is 4.98 Å². The molecule has 3 N–H and O–H groups in total. The molecular formula is C12H15FN4O3S. The van der Waals surface area contributed by atoms with Crippen LogP contribution in [0, 0.1) is 12.7 Å². The molecule has 21 heavy (non-hydrogen) atoms. The van der Waals surface area contributed by atoms with Crippen LogP contribution in [0.1, 0.15) is 17.3 Å². The van der Waals surface area contributed by atoms with Gasteiger partial charge < -0.3 is 10.3 Å². The van der Waals surface area contributed by atoms with Crippen molar-refractivity contribution in [2.45, 2.75) is 24.8 Å². The number of hydrogen-bond acceptors (Lipinski definition) is 6. The molecule has 1 aromatic carbocycles. The summed E-state index contributed by atoms with van der Waals surface area (Å²) in [5.41, 5.74) is 5.82. The maximum Gasteiger partial charge on any atom is 0.241 e. The molecule has 0 saturated heterocycles. The lowest BCUT2D eigenvalue weighted by molar-refractivity contribution is 0.375. The number of halogens is 1. The largest absolute Gasteiger partial charge is 0.339 e. The van der Waals surface area contributed by atoms with Crippen LogP contribution in [0.15, 0.2) is 27.6 Å². The predicted molar refractivity (Wildman–Crippen MR) is 72.2 cm³/mol. The molecule has 0 fully saturated rings. The number of benzene rings is 1. The normalized spacial score (nSPS) is 11.8. The molecule has 0 unspecified atom stereocenters. The Morgan fingerprint density at radius 2 is 2.19 bits per heavy atom. The second kappa shape index (κ2) is 6.29. The molecule has 0 saturated carbocycles. The lowest BCUT2D eigenvalue weighted by Crippen LogP contribution is -2.27. The lowest BCUT2D eigenvalue weighted by Gasteiger charge is -2.10. The highest BCUT2D eigenvalue weighted by atomic mass is 32.2. The van der Waals surface area contributed by atoms with Gasteiger partial charge in [0.25, 0.3) is 0 Å². The number of rotatable bonds is 6. The van der Waals surface area contributed by atoms with Crippen LogP contribution in [-0.4, -0.2) is 25.1 Å². The highest BCUT2D eigenvalue weighted by molar-refractivity contribution is 7.89. The van der Waals surface area contributed by atoms with Crippen molar-refractivity contribution in [1.82, 2.24) is 14.9 Å². The standard InChI is InChI=1S/C12H15FN4O3S/c1-8-16-12(20-17-8)4-5-15-21(18,19)11-6-10(13)3-2-9(11)7-14/h2-3,6,15H,4-5,7,14H2,1H3. The molecule has 9 heteroatoms. The zero-order valence-corrected chi connectivity index (χ0v) is 12.2. The Morgan fingerprint density at radius 1 is 1.43 bits per heavy atom. The van der Waals surface area contributed by atoms with Crippen molar-refractivity contribution in [2.75, 3.05) is 6.54 Å². The highest BCUT2D eigenvalue weighted by Gasteiger charge is 2.18. The van der Waals surface area contributed by atoms with Crippen LogP contribution in [0.2, 0.25) is 0 Å². The Morgan fingerprint density at radius 3 is 2.81 bits per heavy atom. The average Bonchev–Trinajstić information content (AvgIpc) is 2.84. The van der Waals surface area contributed by atoms with E-state index in [1.807, 2.05) is 0 Å². The summed E-state index contributed by atoms with van der Waals surface area (Å²) in [6.45, 7) is 1.72. The smallest absolute Gasteiger partial charge is 0.241 e. The second-order valence-corrected chi connectivity index (χ2v) is 6.07. The number of nitrogens with zero attached hydrogens (tertiary/aromatic N) is 2. The molecule has 0 bridgehead atoms. The number of aryl methyl sites for hydroxylation is 1. The Hall–Kier alpha value is -1.84. The minimum atomic E-state index is -3.85. The van der Waals surface area contributed by atoms with Crippen LogP contribution >= 0.6 is 0 Å². The predicted octanol–water partition coefficient (Wildman–Crippen LogP) is 0.497. The molecule has 7 nitrogen and oxygen atoms in total. The van der Waals surface area contributed by atoms with Crippen LogP contribution in [0.3, 0.4) is 0 Å². The summed E-state index contributed by atoms with van der Waals surface area (Å²) in [6, 6.07) is 3.47. The van der Waals surface area contributed by atoms with E-state index in [1.54, 1.807) is 6.92 Å². The van der Waals surface area contributed by atoms with Gasteiger partial charge in [0.1, 0.15) is 5.82 Å². The molecule has 1 aromatic heterocycles. The van der Waals surface area contributed by atoms with E-state index in [0.717, 1.165) is 6.07 Å². The molecule has 0 amide bonds. The summed E-state index contributed by atoms with van der Waals surface area (Å²) in [4.78, 5) is 3.80. The first-order chi connectivity index (χ1) is 9.92. The molecule has 0 atom stereocenters. The van der Waals surface area contributed by atoms with E-state index >= 15 is 0 Å². The van der Waals surface area contributed by atoms with Gasteiger partial charge >= 0.3 is 0 Å². The third-order valence-electron chi connectivity index (χ3n) is 2.74. The number of sulfonamides is 1. The van der Waals surface area contributed by atoms with Crippen LogP contribution < -0.4 is 10.5 Å². The number of nitrogens with two attached hydrogens (primary N) is 1. The van der Waals surface area contributed by atoms with Gasteiger partial charge in [-0.15, -0.1) is 0 Å². The first-order valence-corrected chi connectivity index (χ1v) is 7.68. The monoisotopic (exact) mass is 314 g/mol. The molecule has 2 aromatic rings. The fourth-order valence-corrected chi connectivity index (χ4v) is 3.05. The van der Waals surface area contributed by atoms with Gasteiger partial charge in [0, 0.05) is 19.5 Å². The van der Waals surface area contributed by atoms with Gasteiger partial charge in [-0.25, -0.2) is 17.5 Å². The summed E-state index contributed by atoms with van der Waals surface area (Å²) in [5, 5.41) is 3.60. The summed E-state index contributed by atoms with van der Waals surface area (Å²) >= 11 is 0. The summed E-state index contributed by atoms with van der Waals surface area (Å²) in [5.74, 6) is 0.164. The second-order valence-electron chi connectivity index (χ2n) is 4.34. The van der Waals surface area contributed by atoms with Crippen molar-refractivity contribution >= 4 is 10.0 Å². The van der Waals surface area contributed by atoms with Crippen LogP contribution in [0.5, 0.6) is 0 Å². The van der Waals surface area contributed by atoms with E-state index in [2.05, 4.69) is 14.9 Å². The Bertz CT molecular complexity index is 730. The maximum absolute atomic E-state index is 13.2. The van der Waals surface area contributed by atoms with Gasteiger partial charge in [-0.3, -0.25) is 0 Å². The topological polar surface area (TPSA) is 111 Å². The van der Waals surface area contributed by atoms with Crippen molar-refractivity contribution in [3.63, 3.8) is 0 Å². The molecule has 2 rings (SSSR count). The number of hydrogen-bond donors (Lipinski definition) is 2. The molecular weight excluding hydrogens is 299 g/mol. The van der Waals surface area contributed by atoms with Crippen molar-refractivity contribution in [3.05, 3.63) is 41.3 Å². The van der Waals surface area contributed by atoms with Crippen molar-refractivity contribution in [3.8, 4) is 0 Å². The Balaban J connectivity index is 2.09. The Kier molecular flexibility index (Phi) is 4.66. The van der Waals surface area contributed by atoms with Gasteiger partial charge in [-0.05, 0) is 24.6 Å². The summed E-state index contributed by atoms with van der Waals surface area (Å²) in [7, 11) is -3.85. The highest BCUT2D eigenvalue weighted by Crippen LogP contribution is 2.16. The number of nitrogens with one attached hydrogen (secondary N) is 1. The van der Waals surface area contributed by atoms with Crippen molar-refractivity contribution in [2.24, 2.45) is 5.73 Å². The maximum atomic E-state index is 13.2. The third-order valence-corrected chi connectivity index (χ3v) is 4.28. The molecule has 0 aliphatic heterocycles.